The second kappa shape index (κ2) is 6.68. The predicted molar refractivity (Wildman–Crippen MR) is 95.3 cm³/mol. The number of nitrogens with zero attached hydrogens (tertiary/aromatic N) is 4. The molecular weight excluding hydrogens is 336 g/mol. The van der Waals surface area contributed by atoms with Gasteiger partial charge in [0, 0.05) is 24.1 Å². The van der Waals surface area contributed by atoms with E-state index in [4.69, 9.17) is 4.42 Å². The number of carbonyl (C=O) groups is 1. The first kappa shape index (κ1) is 15.8. The summed E-state index contributed by atoms with van der Waals surface area (Å²) in [5.74, 6) is 0.708. The summed E-state index contributed by atoms with van der Waals surface area (Å²) >= 11 is 1.26. The molecule has 0 aliphatic carbocycles. The summed E-state index contributed by atoms with van der Waals surface area (Å²) < 4.78 is 5.61. The minimum Gasteiger partial charge on any atom is -0.411 e. The van der Waals surface area contributed by atoms with Crippen molar-refractivity contribution in [3.05, 3.63) is 54.4 Å². The van der Waals surface area contributed by atoms with Crippen molar-refractivity contribution in [1.82, 2.24) is 15.2 Å². The molecule has 0 radical (unpaired) electrons. The monoisotopic (exact) mass is 352 g/mol. The van der Waals surface area contributed by atoms with Crippen molar-refractivity contribution in [3.8, 4) is 11.5 Å². The Labute approximate surface area is 149 Å². The van der Waals surface area contributed by atoms with E-state index < -0.39 is 0 Å². The van der Waals surface area contributed by atoms with E-state index in [-0.39, 0.29) is 17.7 Å². The Bertz CT molecular complexity index is 897. The van der Waals surface area contributed by atoms with Gasteiger partial charge in [0.25, 0.3) is 5.22 Å². The highest BCUT2D eigenvalue weighted by molar-refractivity contribution is 7.99. The number of anilines is 1. The van der Waals surface area contributed by atoms with Crippen LogP contribution in [0, 0.1) is 0 Å². The lowest BCUT2D eigenvalue weighted by Crippen LogP contribution is -2.36. The Hall–Kier alpha value is -2.67. The number of hydrogen-bond donors (Lipinski definition) is 0. The minimum absolute atomic E-state index is 0.0450. The van der Waals surface area contributed by atoms with Crippen molar-refractivity contribution >= 4 is 23.4 Å². The number of carbonyl (C=O) groups excluding carboxylic acids is 1. The lowest BCUT2D eigenvalue weighted by Gasteiger charge is -2.22. The highest BCUT2D eigenvalue weighted by atomic mass is 32.2. The molecule has 4 rings (SSSR count). The Balaban J connectivity index is 1.44. The van der Waals surface area contributed by atoms with Crippen LogP contribution in [-0.4, -0.2) is 32.9 Å². The van der Waals surface area contributed by atoms with Crippen LogP contribution in [0.2, 0.25) is 0 Å². The number of fused-ring (bicyclic) bond motifs is 1. The molecule has 1 aromatic carbocycles. The number of amides is 1. The van der Waals surface area contributed by atoms with E-state index in [1.165, 1.54) is 17.3 Å². The van der Waals surface area contributed by atoms with Gasteiger partial charge in [-0.3, -0.25) is 9.78 Å². The van der Waals surface area contributed by atoms with Gasteiger partial charge in [-0.25, -0.2) is 0 Å². The molecule has 25 heavy (non-hydrogen) atoms. The van der Waals surface area contributed by atoms with Gasteiger partial charge in [-0.2, -0.15) is 0 Å². The fourth-order valence-corrected chi connectivity index (χ4v) is 3.64. The maximum Gasteiger partial charge on any atom is 0.277 e. The Morgan fingerprint density at radius 1 is 1.28 bits per heavy atom. The molecule has 0 saturated carbocycles. The molecule has 0 fully saturated rings. The van der Waals surface area contributed by atoms with Crippen molar-refractivity contribution in [2.45, 2.75) is 24.6 Å². The summed E-state index contributed by atoms with van der Waals surface area (Å²) in [5, 5.41) is 8.39. The van der Waals surface area contributed by atoms with Crippen LogP contribution in [0.25, 0.3) is 11.5 Å². The van der Waals surface area contributed by atoms with Gasteiger partial charge >= 0.3 is 0 Å². The predicted octanol–water partition coefficient (Wildman–Crippen LogP) is 3.20. The van der Waals surface area contributed by atoms with E-state index in [1.54, 1.807) is 12.4 Å². The van der Waals surface area contributed by atoms with Gasteiger partial charge in [0.15, 0.2) is 0 Å². The van der Waals surface area contributed by atoms with Crippen LogP contribution in [-0.2, 0) is 11.2 Å². The summed E-state index contributed by atoms with van der Waals surface area (Å²) in [6.45, 7) is 2.07. The molecule has 7 heteroatoms. The number of thioether (sulfide) groups is 1. The quantitative estimate of drug-likeness (QED) is 0.672. The van der Waals surface area contributed by atoms with Crippen molar-refractivity contribution in [2.75, 3.05) is 10.7 Å². The molecule has 1 aliphatic rings. The van der Waals surface area contributed by atoms with Gasteiger partial charge in [-0.1, -0.05) is 30.0 Å². The first-order chi connectivity index (χ1) is 12.2. The zero-order valence-corrected chi connectivity index (χ0v) is 14.4. The molecule has 3 heterocycles. The molecule has 3 aromatic rings. The van der Waals surface area contributed by atoms with E-state index in [2.05, 4.69) is 28.2 Å². The molecule has 0 saturated heterocycles. The van der Waals surface area contributed by atoms with Crippen LogP contribution in [0.5, 0.6) is 0 Å². The van der Waals surface area contributed by atoms with Gasteiger partial charge in [0.2, 0.25) is 11.8 Å². The molecule has 1 amide bonds. The number of benzene rings is 1. The van der Waals surface area contributed by atoms with Gasteiger partial charge in [0.1, 0.15) is 0 Å². The highest BCUT2D eigenvalue weighted by Gasteiger charge is 2.30. The molecule has 1 atom stereocenters. The van der Waals surface area contributed by atoms with Crippen LogP contribution in [0.15, 0.2) is 58.4 Å². The first-order valence-electron chi connectivity index (χ1n) is 7.99. The van der Waals surface area contributed by atoms with E-state index in [1.807, 2.05) is 35.2 Å². The van der Waals surface area contributed by atoms with Crippen LogP contribution < -0.4 is 4.90 Å². The molecule has 0 N–H and O–H groups in total. The lowest BCUT2D eigenvalue weighted by molar-refractivity contribution is -0.116. The van der Waals surface area contributed by atoms with E-state index >= 15 is 0 Å². The zero-order valence-electron chi connectivity index (χ0n) is 13.6. The number of aromatic nitrogens is 3. The summed E-state index contributed by atoms with van der Waals surface area (Å²) in [6, 6.07) is 11.9. The smallest absolute Gasteiger partial charge is 0.277 e. The van der Waals surface area contributed by atoms with E-state index in [0.29, 0.717) is 11.1 Å². The van der Waals surface area contributed by atoms with Crippen molar-refractivity contribution < 1.29 is 9.21 Å². The molecule has 1 unspecified atom stereocenters. The molecule has 0 bridgehead atoms. The van der Waals surface area contributed by atoms with Crippen molar-refractivity contribution in [2.24, 2.45) is 0 Å². The third-order valence-electron chi connectivity index (χ3n) is 4.11. The van der Waals surface area contributed by atoms with Crippen LogP contribution >= 0.6 is 11.8 Å². The lowest BCUT2D eigenvalue weighted by atomic mass is 10.1. The Morgan fingerprint density at radius 2 is 2.16 bits per heavy atom. The summed E-state index contributed by atoms with van der Waals surface area (Å²) in [4.78, 5) is 18.6. The summed E-state index contributed by atoms with van der Waals surface area (Å²) in [6.07, 6.45) is 4.23. The zero-order chi connectivity index (χ0) is 17.2. The summed E-state index contributed by atoms with van der Waals surface area (Å²) in [5.41, 5.74) is 2.97. The van der Waals surface area contributed by atoms with E-state index in [9.17, 15) is 4.79 Å². The average molecular weight is 352 g/mol. The molecule has 2 aromatic heterocycles. The van der Waals surface area contributed by atoms with Crippen LogP contribution in [0.1, 0.15) is 12.5 Å². The van der Waals surface area contributed by atoms with Crippen molar-refractivity contribution in [3.63, 3.8) is 0 Å². The van der Waals surface area contributed by atoms with Crippen LogP contribution in [0.4, 0.5) is 5.69 Å². The maximum absolute atomic E-state index is 12.7. The van der Waals surface area contributed by atoms with E-state index in [0.717, 1.165) is 17.7 Å². The van der Waals surface area contributed by atoms with Crippen molar-refractivity contribution in [1.29, 1.82) is 0 Å². The number of pyridine rings is 1. The fourth-order valence-electron chi connectivity index (χ4n) is 3.01. The molecule has 0 spiro atoms. The molecular formula is C18H16N4O2S. The number of rotatable bonds is 4. The minimum atomic E-state index is 0.0450. The SMILES string of the molecule is CC1Cc2ccccc2N1C(=O)CSc1nnc(-c2cccnc2)o1. The van der Waals surface area contributed by atoms with Gasteiger partial charge < -0.3 is 9.32 Å². The first-order valence-corrected chi connectivity index (χ1v) is 8.97. The van der Waals surface area contributed by atoms with Gasteiger partial charge in [-0.15, -0.1) is 10.2 Å². The number of hydrogen-bond acceptors (Lipinski definition) is 6. The third-order valence-corrected chi connectivity index (χ3v) is 4.91. The second-order valence-electron chi connectivity index (χ2n) is 5.85. The Morgan fingerprint density at radius 3 is 3.00 bits per heavy atom. The highest BCUT2D eigenvalue weighted by Crippen LogP contribution is 2.33. The molecule has 1 aliphatic heterocycles. The van der Waals surface area contributed by atoms with Gasteiger partial charge in [0.05, 0.1) is 11.3 Å². The summed E-state index contributed by atoms with van der Waals surface area (Å²) in [7, 11) is 0. The Kier molecular flexibility index (Phi) is 4.23. The second-order valence-corrected chi connectivity index (χ2v) is 6.78. The standard InChI is InChI=1S/C18H16N4O2S/c1-12-9-13-5-2-3-7-15(13)22(12)16(23)11-25-18-21-20-17(24-18)14-6-4-8-19-10-14/h2-8,10,12H,9,11H2,1H3. The topological polar surface area (TPSA) is 72.1 Å². The molecule has 6 nitrogen and oxygen atoms in total. The molecule has 126 valence electrons. The largest absolute Gasteiger partial charge is 0.411 e. The number of para-hydroxylation sites is 1. The fraction of sp³-hybridized carbons (Fsp3) is 0.222. The van der Waals surface area contributed by atoms with Gasteiger partial charge in [-0.05, 0) is 37.1 Å². The third kappa shape index (κ3) is 3.15. The van der Waals surface area contributed by atoms with Crippen LogP contribution in [0.3, 0.4) is 0 Å². The average Bonchev–Trinajstić information content (AvgIpc) is 3.24. The maximum atomic E-state index is 12.7. The normalized spacial score (nSPS) is 16.0.